The number of methoxy groups -OCH3 is 1. The van der Waals surface area contributed by atoms with Crippen molar-refractivity contribution in [3.8, 4) is 17.6 Å². The predicted octanol–water partition coefficient (Wildman–Crippen LogP) is 2.88. The number of pyridine rings is 1. The van der Waals surface area contributed by atoms with Crippen molar-refractivity contribution in [3.63, 3.8) is 0 Å². The molecule has 3 heterocycles. The second-order valence-corrected chi connectivity index (χ2v) is 9.14. The van der Waals surface area contributed by atoms with Crippen LogP contribution in [0.3, 0.4) is 0 Å². The summed E-state index contributed by atoms with van der Waals surface area (Å²) >= 11 is 1.14. The minimum absolute atomic E-state index is 0.0884. The first-order valence-electron chi connectivity index (χ1n) is 11.2. The van der Waals surface area contributed by atoms with E-state index in [-0.39, 0.29) is 34.4 Å². The standard InChI is InChI=1S/C24H24F2N8O2S/c1-28-9-8-15(27)17-12-34(2)21(20(30-17)14-10-16(22(25)26)29-11-18(14)36-3)23(35)31-24-33-32-19(37-24)7-6-13-4-5-13/h8-11,13,22H,4-5,12,27H2,1-3H3,(H,31,33,35)/b15-8-,28-9?. The molecule has 4 rings (SSSR count). The molecule has 192 valence electrons. The number of nitrogens with one attached hydrogen (secondary N) is 1. The summed E-state index contributed by atoms with van der Waals surface area (Å²) in [6.45, 7) is 0.176. The Bertz CT molecular complexity index is 1380. The third-order valence-corrected chi connectivity index (χ3v) is 6.14. The Balaban J connectivity index is 1.78. The summed E-state index contributed by atoms with van der Waals surface area (Å²) < 4.78 is 32.4. The van der Waals surface area contributed by atoms with Crippen LogP contribution in [-0.2, 0) is 4.79 Å². The van der Waals surface area contributed by atoms with Crippen molar-refractivity contribution in [2.75, 3.05) is 33.1 Å². The van der Waals surface area contributed by atoms with Gasteiger partial charge in [-0.25, -0.2) is 13.8 Å². The van der Waals surface area contributed by atoms with Crippen molar-refractivity contribution in [3.05, 3.63) is 46.0 Å². The van der Waals surface area contributed by atoms with Crippen LogP contribution in [0.15, 0.2) is 39.7 Å². The Kier molecular flexibility index (Phi) is 7.88. The van der Waals surface area contributed by atoms with Gasteiger partial charge in [0.1, 0.15) is 22.8 Å². The summed E-state index contributed by atoms with van der Waals surface area (Å²) in [5, 5.41) is 11.5. The number of ether oxygens (including phenoxy) is 1. The molecule has 1 aliphatic carbocycles. The zero-order chi connectivity index (χ0) is 26.5. The van der Waals surface area contributed by atoms with E-state index in [0.29, 0.717) is 22.3 Å². The number of alkyl halides is 2. The van der Waals surface area contributed by atoms with Crippen LogP contribution in [0.5, 0.6) is 5.75 Å². The largest absolute Gasteiger partial charge is 0.494 e. The first-order chi connectivity index (χ1) is 17.8. The maximum Gasteiger partial charge on any atom is 0.280 e. The number of rotatable bonds is 7. The summed E-state index contributed by atoms with van der Waals surface area (Å²) in [6, 6.07) is 1.15. The van der Waals surface area contributed by atoms with E-state index in [9.17, 15) is 13.6 Å². The number of carbonyl (C=O) groups is 1. The number of likely N-dealkylation sites (N-methyl/N-ethyl adjacent to an activating group) is 1. The van der Waals surface area contributed by atoms with Gasteiger partial charge < -0.3 is 15.4 Å². The Hall–Kier alpha value is -4.18. The van der Waals surface area contributed by atoms with Gasteiger partial charge in [0.2, 0.25) is 5.13 Å². The zero-order valence-electron chi connectivity index (χ0n) is 20.3. The van der Waals surface area contributed by atoms with Gasteiger partial charge in [0.15, 0.2) is 5.01 Å². The number of carbonyl (C=O) groups excluding carboxylic acids is 1. The summed E-state index contributed by atoms with van der Waals surface area (Å²) in [5.41, 5.74) is 6.77. The van der Waals surface area contributed by atoms with Crippen molar-refractivity contribution in [1.82, 2.24) is 20.1 Å². The fraction of sp³-hybridized carbons (Fsp3) is 0.333. The lowest BCUT2D eigenvalue weighted by molar-refractivity contribution is -0.114. The van der Waals surface area contributed by atoms with Crippen LogP contribution >= 0.6 is 11.3 Å². The SMILES string of the molecule is CN=C/C=C(\N)C1=NC(c2cc(C(F)F)ncc2OC)=C(C(=O)Nc2nnc(C#CC3CC3)s2)N(C)C1. The van der Waals surface area contributed by atoms with Crippen LogP contribution in [0, 0.1) is 17.8 Å². The molecular weight excluding hydrogens is 502 g/mol. The van der Waals surface area contributed by atoms with Crippen molar-refractivity contribution >= 4 is 40.0 Å². The quantitative estimate of drug-likeness (QED) is 0.419. The molecule has 2 aliphatic rings. The van der Waals surface area contributed by atoms with E-state index in [1.165, 1.54) is 19.5 Å². The second-order valence-electron chi connectivity index (χ2n) is 8.16. The van der Waals surface area contributed by atoms with E-state index in [4.69, 9.17) is 10.5 Å². The highest BCUT2D eigenvalue weighted by molar-refractivity contribution is 7.15. The van der Waals surface area contributed by atoms with Crippen LogP contribution in [0.1, 0.15) is 35.5 Å². The Morgan fingerprint density at radius 2 is 2.19 bits per heavy atom. The summed E-state index contributed by atoms with van der Waals surface area (Å²) in [5.74, 6) is 6.06. The topological polar surface area (TPSA) is 131 Å². The van der Waals surface area contributed by atoms with Gasteiger partial charge in [-0.3, -0.25) is 20.1 Å². The molecule has 0 radical (unpaired) electrons. The summed E-state index contributed by atoms with van der Waals surface area (Å²) in [6.07, 6.45) is 3.56. The lowest BCUT2D eigenvalue weighted by Gasteiger charge is -2.29. The number of hydrogen-bond donors (Lipinski definition) is 2. The normalized spacial score (nSPS) is 16.1. The smallest absolute Gasteiger partial charge is 0.280 e. The summed E-state index contributed by atoms with van der Waals surface area (Å²) in [7, 11) is 4.63. The maximum atomic E-state index is 13.5. The number of hydrogen-bond acceptors (Lipinski definition) is 10. The van der Waals surface area contributed by atoms with E-state index < -0.39 is 18.0 Å². The first kappa shape index (κ1) is 25.9. The van der Waals surface area contributed by atoms with Crippen LogP contribution in [0.25, 0.3) is 5.70 Å². The molecule has 2 aromatic rings. The highest BCUT2D eigenvalue weighted by Crippen LogP contribution is 2.35. The lowest BCUT2D eigenvalue weighted by Crippen LogP contribution is -2.37. The lowest BCUT2D eigenvalue weighted by atomic mass is 10.0. The molecule has 10 nitrogen and oxygen atoms in total. The molecule has 37 heavy (non-hydrogen) atoms. The third kappa shape index (κ3) is 6.15. The molecule has 13 heteroatoms. The molecule has 0 unspecified atom stereocenters. The van der Waals surface area contributed by atoms with Gasteiger partial charge in [-0.2, -0.15) is 0 Å². The van der Waals surface area contributed by atoms with E-state index in [0.717, 1.165) is 30.2 Å². The molecule has 0 bridgehead atoms. The van der Waals surface area contributed by atoms with Crippen molar-refractivity contribution in [1.29, 1.82) is 0 Å². The van der Waals surface area contributed by atoms with Crippen LogP contribution in [0.4, 0.5) is 13.9 Å². The molecule has 1 aliphatic heterocycles. The number of amides is 1. The number of aliphatic imine (C=N–C) groups is 2. The zero-order valence-corrected chi connectivity index (χ0v) is 21.1. The van der Waals surface area contributed by atoms with Gasteiger partial charge in [0.05, 0.1) is 31.3 Å². The third-order valence-electron chi connectivity index (χ3n) is 5.38. The Labute approximate surface area is 216 Å². The van der Waals surface area contributed by atoms with Gasteiger partial charge in [-0.15, -0.1) is 10.2 Å². The molecule has 1 fully saturated rings. The molecule has 0 spiro atoms. The second kappa shape index (κ2) is 11.3. The molecule has 2 aromatic heterocycles. The van der Waals surface area contributed by atoms with Crippen molar-refractivity contribution in [2.24, 2.45) is 21.6 Å². The number of allylic oxidation sites excluding steroid dienone is 1. The van der Waals surface area contributed by atoms with Gasteiger partial charge >= 0.3 is 0 Å². The van der Waals surface area contributed by atoms with E-state index in [1.54, 1.807) is 25.1 Å². The average molecular weight is 527 g/mol. The van der Waals surface area contributed by atoms with Crippen LogP contribution in [-0.4, -0.2) is 65.7 Å². The van der Waals surface area contributed by atoms with Crippen molar-refractivity contribution in [2.45, 2.75) is 19.3 Å². The fourth-order valence-electron chi connectivity index (χ4n) is 3.38. The molecule has 0 saturated heterocycles. The number of nitrogens with zero attached hydrogens (tertiary/aromatic N) is 6. The molecule has 0 atom stereocenters. The van der Waals surface area contributed by atoms with Gasteiger partial charge in [-0.05, 0) is 30.9 Å². The Morgan fingerprint density at radius 1 is 1.41 bits per heavy atom. The molecule has 1 saturated carbocycles. The predicted molar refractivity (Wildman–Crippen MR) is 138 cm³/mol. The molecule has 0 aromatic carbocycles. The van der Waals surface area contributed by atoms with E-state index in [1.807, 2.05) is 0 Å². The van der Waals surface area contributed by atoms with Gasteiger partial charge in [-0.1, -0.05) is 17.3 Å². The number of anilines is 1. The summed E-state index contributed by atoms with van der Waals surface area (Å²) in [4.78, 5) is 27.3. The van der Waals surface area contributed by atoms with E-state index in [2.05, 4.69) is 42.3 Å². The van der Waals surface area contributed by atoms with Gasteiger partial charge in [0.25, 0.3) is 12.3 Å². The maximum absolute atomic E-state index is 13.5. The fourth-order valence-corrected chi connectivity index (χ4v) is 3.98. The molecular formula is C24H24F2N8O2S. The minimum atomic E-state index is -2.84. The van der Waals surface area contributed by atoms with Gasteiger partial charge in [0, 0.05) is 31.8 Å². The van der Waals surface area contributed by atoms with Crippen molar-refractivity contribution < 1.29 is 18.3 Å². The monoisotopic (exact) mass is 526 g/mol. The van der Waals surface area contributed by atoms with Crippen LogP contribution in [0.2, 0.25) is 0 Å². The number of aromatic nitrogens is 3. The minimum Gasteiger partial charge on any atom is -0.494 e. The molecule has 3 N–H and O–H groups in total. The number of halogens is 2. The highest BCUT2D eigenvalue weighted by Gasteiger charge is 2.30. The van der Waals surface area contributed by atoms with E-state index >= 15 is 0 Å². The average Bonchev–Trinajstić information content (AvgIpc) is 3.62. The Morgan fingerprint density at radius 3 is 2.86 bits per heavy atom. The molecule has 1 amide bonds. The first-order valence-corrected chi connectivity index (χ1v) is 12.0. The number of nitrogens with two attached hydrogens (primary N) is 1. The highest BCUT2D eigenvalue weighted by atomic mass is 32.1. The van der Waals surface area contributed by atoms with Crippen LogP contribution < -0.4 is 15.8 Å².